The second kappa shape index (κ2) is 6.54. The Balaban J connectivity index is 1.50. The maximum Gasteiger partial charge on any atom is 0.303 e. The van der Waals surface area contributed by atoms with Crippen molar-refractivity contribution in [1.29, 1.82) is 0 Å². The Labute approximate surface area is 147 Å². The Morgan fingerprint density at radius 3 is 2.72 bits per heavy atom. The highest BCUT2D eigenvalue weighted by Gasteiger charge is 2.27. The molecule has 0 saturated carbocycles. The number of rotatable bonds is 4. The van der Waals surface area contributed by atoms with Gasteiger partial charge in [0.25, 0.3) is 5.91 Å². The summed E-state index contributed by atoms with van der Waals surface area (Å²) >= 11 is 0. The van der Waals surface area contributed by atoms with Gasteiger partial charge in [0.15, 0.2) is 0 Å². The number of nitrogens with zero attached hydrogens (tertiary/aromatic N) is 2. The Morgan fingerprint density at radius 2 is 1.96 bits per heavy atom. The standard InChI is InChI=1S/C20H24N2O3/c23-18(24)7-6-14-8-11-21(12-9-14)20(25)17-13-22-10-2-4-15-3-1-5-16(17)19(15)22/h1,3,5,13-14H,2,4,6-12H2,(H,23,24). The third kappa shape index (κ3) is 3.03. The van der Waals surface area contributed by atoms with Gasteiger partial charge < -0.3 is 14.6 Å². The van der Waals surface area contributed by atoms with Crippen LogP contribution in [0.15, 0.2) is 24.4 Å². The third-order valence-electron chi connectivity index (χ3n) is 5.73. The lowest BCUT2D eigenvalue weighted by molar-refractivity contribution is -0.137. The van der Waals surface area contributed by atoms with E-state index in [1.54, 1.807) is 0 Å². The quantitative estimate of drug-likeness (QED) is 0.929. The number of likely N-dealkylation sites (tertiary alicyclic amines) is 1. The zero-order valence-corrected chi connectivity index (χ0v) is 14.4. The second-order valence-corrected chi connectivity index (χ2v) is 7.32. The molecule has 2 aliphatic heterocycles. The van der Waals surface area contributed by atoms with Crippen LogP contribution >= 0.6 is 0 Å². The summed E-state index contributed by atoms with van der Waals surface area (Å²) in [7, 11) is 0. The van der Waals surface area contributed by atoms with Gasteiger partial charge in [0.1, 0.15) is 0 Å². The topological polar surface area (TPSA) is 62.5 Å². The van der Waals surface area contributed by atoms with E-state index in [1.807, 2.05) is 11.1 Å². The maximum atomic E-state index is 13.1. The van der Waals surface area contributed by atoms with E-state index in [0.29, 0.717) is 5.92 Å². The molecule has 1 fully saturated rings. The van der Waals surface area contributed by atoms with Crippen molar-refractivity contribution in [3.63, 3.8) is 0 Å². The minimum atomic E-state index is -0.729. The van der Waals surface area contributed by atoms with E-state index in [2.05, 4.69) is 22.8 Å². The number of carboxylic acids is 1. The molecule has 1 N–H and O–H groups in total. The Hall–Kier alpha value is -2.30. The first kappa shape index (κ1) is 16.2. The van der Waals surface area contributed by atoms with Gasteiger partial charge in [-0.1, -0.05) is 18.2 Å². The molecule has 1 aromatic heterocycles. The monoisotopic (exact) mass is 340 g/mol. The molecule has 1 amide bonds. The number of para-hydroxylation sites is 1. The number of aryl methyl sites for hydroxylation is 2. The minimum Gasteiger partial charge on any atom is -0.481 e. The van der Waals surface area contributed by atoms with E-state index in [0.717, 1.165) is 62.7 Å². The predicted octanol–water partition coefficient (Wildman–Crippen LogP) is 3.30. The van der Waals surface area contributed by atoms with E-state index < -0.39 is 5.97 Å². The molecular weight excluding hydrogens is 316 g/mol. The molecule has 1 saturated heterocycles. The molecule has 0 atom stereocenters. The number of carbonyl (C=O) groups excluding carboxylic acids is 1. The number of amides is 1. The predicted molar refractivity (Wildman–Crippen MR) is 95.8 cm³/mol. The van der Waals surface area contributed by atoms with Gasteiger partial charge >= 0.3 is 5.97 Å². The van der Waals surface area contributed by atoms with Crippen molar-refractivity contribution in [2.24, 2.45) is 5.92 Å². The zero-order valence-electron chi connectivity index (χ0n) is 14.4. The van der Waals surface area contributed by atoms with E-state index in [-0.39, 0.29) is 12.3 Å². The number of aromatic nitrogens is 1. The van der Waals surface area contributed by atoms with Crippen molar-refractivity contribution in [3.8, 4) is 0 Å². The largest absolute Gasteiger partial charge is 0.481 e. The van der Waals surface area contributed by atoms with E-state index in [1.165, 1.54) is 11.1 Å². The van der Waals surface area contributed by atoms with Crippen molar-refractivity contribution < 1.29 is 14.7 Å². The second-order valence-electron chi connectivity index (χ2n) is 7.32. The van der Waals surface area contributed by atoms with Crippen LogP contribution in [0.3, 0.4) is 0 Å². The van der Waals surface area contributed by atoms with Gasteiger partial charge in [-0.3, -0.25) is 9.59 Å². The van der Waals surface area contributed by atoms with Gasteiger partial charge in [-0.05, 0) is 43.6 Å². The molecule has 25 heavy (non-hydrogen) atoms. The van der Waals surface area contributed by atoms with E-state index in [9.17, 15) is 9.59 Å². The number of hydrogen-bond donors (Lipinski definition) is 1. The molecule has 2 aromatic rings. The minimum absolute atomic E-state index is 0.125. The fourth-order valence-corrected chi connectivity index (χ4v) is 4.35. The number of benzene rings is 1. The SMILES string of the molecule is O=C(O)CCC1CCN(C(=O)c2cn3c4c(cccc24)CCC3)CC1. The normalized spacial score (nSPS) is 17.8. The Bertz CT molecular complexity index is 816. The van der Waals surface area contributed by atoms with Gasteiger partial charge in [0.2, 0.25) is 0 Å². The molecule has 0 bridgehead atoms. The molecule has 5 nitrogen and oxygen atoms in total. The van der Waals surface area contributed by atoms with Crippen molar-refractivity contribution in [3.05, 3.63) is 35.5 Å². The van der Waals surface area contributed by atoms with Gasteiger partial charge in [-0.25, -0.2) is 0 Å². The highest BCUT2D eigenvalue weighted by Crippen LogP contribution is 2.31. The van der Waals surface area contributed by atoms with Crippen molar-refractivity contribution >= 4 is 22.8 Å². The fourth-order valence-electron chi connectivity index (χ4n) is 4.35. The van der Waals surface area contributed by atoms with Crippen LogP contribution in [0.25, 0.3) is 10.9 Å². The van der Waals surface area contributed by atoms with E-state index >= 15 is 0 Å². The molecule has 3 heterocycles. The van der Waals surface area contributed by atoms with Crippen LogP contribution in [0.2, 0.25) is 0 Å². The summed E-state index contributed by atoms with van der Waals surface area (Å²) in [5.74, 6) is -0.178. The summed E-state index contributed by atoms with van der Waals surface area (Å²) in [5, 5.41) is 9.90. The molecule has 0 radical (unpaired) electrons. The first-order chi connectivity index (χ1) is 12.1. The lowest BCUT2D eigenvalue weighted by atomic mass is 9.92. The van der Waals surface area contributed by atoms with Crippen LogP contribution in [0.4, 0.5) is 0 Å². The summed E-state index contributed by atoms with van der Waals surface area (Å²) in [5.41, 5.74) is 3.39. The number of aliphatic carboxylic acids is 1. The van der Waals surface area contributed by atoms with Gasteiger partial charge in [0.05, 0.1) is 11.1 Å². The molecular formula is C20H24N2O3. The molecule has 0 aliphatic carbocycles. The molecule has 5 heteroatoms. The molecule has 132 valence electrons. The summed E-state index contributed by atoms with van der Waals surface area (Å²) < 4.78 is 2.24. The van der Waals surface area contributed by atoms with Crippen molar-refractivity contribution in [1.82, 2.24) is 9.47 Å². The van der Waals surface area contributed by atoms with Crippen LogP contribution in [0.5, 0.6) is 0 Å². The van der Waals surface area contributed by atoms with E-state index in [4.69, 9.17) is 5.11 Å². The van der Waals surface area contributed by atoms with Crippen molar-refractivity contribution in [2.75, 3.05) is 13.1 Å². The average molecular weight is 340 g/mol. The van der Waals surface area contributed by atoms with Crippen LogP contribution in [0.1, 0.15) is 48.0 Å². The van der Waals surface area contributed by atoms with Crippen molar-refractivity contribution in [2.45, 2.75) is 45.1 Å². The molecule has 0 spiro atoms. The van der Waals surface area contributed by atoms with Gasteiger partial charge in [-0.15, -0.1) is 0 Å². The molecule has 0 unspecified atom stereocenters. The van der Waals surface area contributed by atoms with Crippen LogP contribution in [-0.4, -0.2) is 39.5 Å². The summed E-state index contributed by atoms with van der Waals surface area (Å²) in [6.07, 6.45) is 7.01. The number of carbonyl (C=O) groups is 2. The zero-order chi connectivity index (χ0) is 17.4. The third-order valence-corrected chi connectivity index (χ3v) is 5.73. The average Bonchev–Trinajstić information content (AvgIpc) is 3.01. The van der Waals surface area contributed by atoms with Crippen LogP contribution < -0.4 is 0 Å². The van der Waals surface area contributed by atoms with Gasteiger partial charge in [-0.2, -0.15) is 0 Å². The smallest absolute Gasteiger partial charge is 0.303 e. The first-order valence-electron chi connectivity index (χ1n) is 9.25. The summed E-state index contributed by atoms with van der Waals surface area (Å²) in [6, 6.07) is 6.29. The first-order valence-corrected chi connectivity index (χ1v) is 9.25. The Morgan fingerprint density at radius 1 is 1.16 bits per heavy atom. The molecule has 4 rings (SSSR count). The Kier molecular flexibility index (Phi) is 4.24. The number of carboxylic acid groups (broad SMARTS) is 1. The highest BCUT2D eigenvalue weighted by atomic mass is 16.4. The number of hydrogen-bond acceptors (Lipinski definition) is 2. The van der Waals surface area contributed by atoms with Crippen LogP contribution in [-0.2, 0) is 17.8 Å². The lowest BCUT2D eigenvalue weighted by Crippen LogP contribution is -2.38. The number of piperidine rings is 1. The maximum absolute atomic E-state index is 13.1. The summed E-state index contributed by atoms with van der Waals surface area (Å²) in [4.78, 5) is 25.7. The van der Waals surface area contributed by atoms with Gasteiger partial charge in [0, 0.05) is 37.6 Å². The molecule has 2 aliphatic rings. The highest BCUT2D eigenvalue weighted by molar-refractivity contribution is 6.07. The lowest BCUT2D eigenvalue weighted by Gasteiger charge is -2.31. The van der Waals surface area contributed by atoms with Crippen LogP contribution in [0, 0.1) is 5.92 Å². The fraction of sp³-hybridized carbons (Fsp3) is 0.500. The summed E-state index contributed by atoms with van der Waals surface area (Å²) in [6.45, 7) is 2.45. The molecule has 1 aromatic carbocycles.